The number of hydrogen-bond donors (Lipinski definition) is 1. The number of carbonyl (C=O) groups excluding carboxylic acids is 1. The van der Waals surface area contributed by atoms with Crippen LogP contribution in [-0.2, 0) is 0 Å². The Morgan fingerprint density at radius 2 is 2.00 bits per heavy atom. The van der Waals surface area contributed by atoms with Gasteiger partial charge in [-0.15, -0.1) is 0 Å². The van der Waals surface area contributed by atoms with Gasteiger partial charge in [0.25, 0.3) is 0 Å². The third-order valence-corrected chi connectivity index (χ3v) is 4.70. The Bertz CT molecular complexity index is 766. The fourth-order valence-corrected chi connectivity index (χ4v) is 3.46. The van der Waals surface area contributed by atoms with Crippen LogP contribution in [0.1, 0.15) is 24.4 Å². The predicted octanol–water partition coefficient (Wildman–Crippen LogP) is 4.73. The number of halogens is 1. The predicted molar refractivity (Wildman–Crippen MR) is 98.7 cm³/mol. The van der Waals surface area contributed by atoms with Crippen molar-refractivity contribution in [1.82, 2.24) is 4.90 Å². The molecule has 25 heavy (non-hydrogen) atoms. The summed E-state index contributed by atoms with van der Waals surface area (Å²) in [5, 5.41) is 3.38. The van der Waals surface area contributed by atoms with Crippen LogP contribution < -0.4 is 14.8 Å². The molecule has 1 unspecified atom stereocenters. The Morgan fingerprint density at radius 1 is 1.20 bits per heavy atom. The molecule has 132 valence electrons. The van der Waals surface area contributed by atoms with Crippen molar-refractivity contribution in [2.45, 2.75) is 18.9 Å². The van der Waals surface area contributed by atoms with Crippen LogP contribution in [0.3, 0.4) is 0 Å². The second-order valence-electron chi connectivity index (χ2n) is 5.88. The van der Waals surface area contributed by atoms with E-state index in [1.54, 1.807) is 25.3 Å². The van der Waals surface area contributed by atoms with Gasteiger partial charge in [-0.05, 0) is 42.7 Å². The van der Waals surface area contributed by atoms with E-state index in [0.29, 0.717) is 23.0 Å². The van der Waals surface area contributed by atoms with Crippen LogP contribution in [0.15, 0.2) is 42.5 Å². The molecule has 0 aliphatic carbocycles. The molecule has 5 nitrogen and oxygen atoms in total. The van der Waals surface area contributed by atoms with Crippen molar-refractivity contribution < 1.29 is 14.3 Å². The SMILES string of the molecule is COc1cccc(C2CCCN2C(=O)Nc2cccc(Cl)c2OC)c1. The molecule has 0 saturated carbocycles. The summed E-state index contributed by atoms with van der Waals surface area (Å²) in [6.45, 7) is 0.705. The number of urea groups is 1. The van der Waals surface area contributed by atoms with Crippen molar-refractivity contribution in [2.24, 2.45) is 0 Å². The summed E-state index contributed by atoms with van der Waals surface area (Å²) in [5.74, 6) is 1.26. The number of anilines is 1. The van der Waals surface area contributed by atoms with Crippen molar-refractivity contribution in [3.8, 4) is 11.5 Å². The molecule has 1 heterocycles. The number of hydrogen-bond acceptors (Lipinski definition) is 3. The Balaban J connectivity index is 1.80. The van der Waals surface area contributed by atoms with Crippen molar-refractivity contribution in [1.29, 1.82) is 0 Å². The smallest absolute Gasteiger partial charge is 0.322 e. The van der Waals surface area contributed by atoms with Crippen LogP contribution in [-0.4, -0.2) is 31.7 Å². The van der Waals surface area contributed by atoms with Crippen LogP contribution in [0, 0.1) is 0 Å². The number of para-hydroxylation sites is 1. The van der Waals surface area contributed by atoms with Gasteiger partial charge in [0.2, 0.25) is 0 Å². The van der Waals surface area contributed by atoms with Gasteiger partial charge in [0.05, 0.1) is 31.0 Å². The molecule has 1 N–H and O–H groups in total. The van der Waals surface area contributed by atoms with Crippen molar-refractivity contribution in [3.63, 3.8) is 0 Å². The van der Waals surface area contributed by atoms with Gasteiger partial charge in [-0.3, -0.25) is 0 Å². The maximum absolute atomic E-state index is 12.8. The maximum Gasteiger partial charge on any atom is 0.322 e. The lowest BCUT2D eigenvalue weighted by atomic mass is 10.0. The topological polar surface area (TPSA) is 50.8 Å². The number of nitrogens with zero attached hydrogens (tertiary/aromatic N) is 1. The molecule has 2 amide bonds. The summed E-state index contributed by atoms with van der Waals surface area (Å²) in [6, 6.07) is 13.0. The largest absolute Gasteiger partial charge is 0.497 e. The average Bonchev–Trinajstić information content (AvgIpc) is 3.12. The Morgan fingerprint density at radius 3 is 2.76 bits per heavy atom. The van der Waals surface area contributed by atoms with Crippen LogP contribution in [0.5, 0.6) is 11.5 Å². The first-order valence-electron chi connectivity index (χ1n) is 8.18. The van der Waals surface area contributed by atoms with E-state index in [1.165, 1.54) is 7.11 Å². The van der Waals surface area contributed by atoms with E-state index in [9.17, 15) is 4.79 Å². The van der Waals surface area contributed by atoms with Gasteiger partial charge in [0.1, 0.15) is 5.75 Å². The highest BCUT2D eigenvalue weighted by molar-refractivity contribution is 6.32. The summed E-state index contributed by atoms with van der Waals surface area (Å²) in [5.41, 5.74) is 1.64. The molecule has 1 aliphatic heterocycles. The summed E-state index contributed by atoms with van der Waals surface area (Å²) in [6.07, 6.45) is 1.88. The number of nitrogens with one attached hydrogen (secondary N) is 1. The summed E-state index contributed by atoms with van der Waals surface area (Å²) >= 11 is 6.13. The zero-order valence-corrected chi connectivity index (χ0v) is 15.0. The van der Waals surface area contributed by atoms with E-state index in [4.69, 9.17) is 21.1 Å². The maximum atomic E-state index is 12.8. The Kier molecular flexibility index (Phi) is 5.34. The van der Waals surface area contributed by atoms with Crippen molar-refractivity contribution >= 4 is 23.3 Å². The van der Waals surface area contributed by atoms with E-state index in [1.807, 2.05) is 29.2 Å². The average molecular weight is 361 g/mol. The van der Waals surface area contributed by atoms with Gasteiger partial charge in [-0.2, -0.15) is 0 Å². The second kappa shape index (κ2) is 7.66. The molecule has 2 aromatic rings. The number of benzene rings is 2. The van der Waals surface area contributed by atoms with E-state index >= 15 is 0 Å². The summed E-state index contributed by atoms with van der Waals surface area (Å²) in [4.78, 5) is 14.7. The highest BCUT2D eigenvalue weighted by Crippen LogP contribution is 2.36. The molecular formula is C19H21ClN2O3. The zero-order chi connectivity index (χ0) is 17.8. The highest BCUT2D eigenvalue weighted by Gasteiger charge is 2.30. The van der Waals surface area contributed by atoms with E-state index < -0.39 is 0 Å². The molecule has 1 saturated heterocycles. The zero-order valence-electron chi connectivity index (χ0n) is 14.3. The molecular weight excluding hydrogens is 340 g/mol. The molecule has 1 atom stereocenters. The number of likely N-dealkylation sites (tertiary alicyclic amines) is 1. The fourth-order valence-electron chi connectivity index (χ4n) is 3.21. The minimum Gasteiger partial charge on any atom is -0.497 e. The molecule has 1 aliphatic rings. The lowest BCUT2D eigenvalue weighted by Crippen LogP contribution is -2.34. The van der Waals surface area contributed by atoms with Crippen molar-refractivity contribution in [2.75, 3.05) is 26.1 Å². The minimum absolute atomic E-state index is 0.0280. The van der Waals surface area contributed by atoms with Gasteiger partial charge < -0.3 is 19.7 Å². The first kappa shape index (κ1) is 17.4. The normalized spacial score (nSPS) is 16.6. The highest BCUT2D eigenvalue weighted by atomic mass is 35.5. The van der Waals surface area contributed by atoms with Gasteiger partial charge in [0, 0.05) is 6.54 Å². The quantitative estimate of drug-likeness (QED) is 0.857. The first-order valence-corrected chi connectivity index (χ1v) is 8.56. The van der Waals surface area contributed by atoms with Gasteiger partial charge in [-0.25, -0.2) is 4.79 Å². The minimum atomic E-state index is -0.161. The van der Waals surface area contributed by atoms with Gasteiger partial charge >= 0.3 is 6.03 Å². The lowest BCUT2D eigenvalue weighted by molar-refractivity contribution is 0.207. The molecule has 0 aromatic heterocycles. The monoisotopic (exact) mass is 360 g/mol. The summed E-state index contributed by atoms with van der Waals surface area (Å²) in [7, 11) is 3.18. The standard InChI is InChI=1S/C19H21ClN2O3/c1-24-14-7-3-6-13(12-14)17-10-5-11-22(17)19(23)21-16-9-4-8-15(20)18(16)25-2/h3-4,6-9,12,17H,5,10-11H2,1-2H3,(H,21,23). The number of ether oxygens (including phenoxy) is 2. The Hall–Kier alpha value is -2.40. The molecule has 0 spiro atoms. The second-order valence-corrected chi connectivity index (χ2v) is 6.29. The Labute approximate surface area is 152 Å². The molecule has 6 heteroatoms. The molecule has 1 fully saturated rings. The fraction of sp³-hybridized carbons (Fsp3) is 0.316. The van der Waals surface area contributed by atoms with E-state index in [-0.39, 0.29) is 12.1 Å². The third-order valence-electron chi connectivity index (χ3n) is 4.40. The van der Waals surface area contributed by atoms with Crippen LogP contribution in [0.4, 0.5) is 10.5 Å². The van der Waals surface area contributed by atoms with Gasteiger partial charge in [-0.1, -0.05) is 29.8 Å². The molecule has 2 aromatic carbocycles. The first-order chi connectivity index (χ1) is 12.1. The van der Waals surface area contributed by atoms with Crippen LogP contribution in [0.25, 0.3) is 0 Å². The number of amides is 2. The van der Waals surface area contributed by atoms with Crippen LogP contribution in [0.2, 0.25) is 5.02 Å². The van der Waals surface area contributed by atoms with Crippen molar-refractivity contribution in [3.05, 3.63) is 53.1 Å². The van der Waals surface area contributed by atoms with Gasteiger partial charge in [0.15, 0.2) is 5.75 Å². The number of carbonyl (C=O) groups is 1. The molecule has 3 rings (SSSR count). The molecule has 0 radical (unpaired) electrons. The van der Waals surface area contributed by atoms with E-state index in [0.717, 1.165) is 24.2 Å². The lowest BCUT2D eigenvalue weighted by Gasteiger charge is -2.26. The third kappa shape index (κ3) is 3.66. The van der Waals surface area contributed by atoms with E-state index in [2.05, 4.69) is 5.32 Å². The molecule has 0 bridgehead atoms. The van der Waals surface area contributed by atoms with Crippen LogP contribution >= 0.6 is 11.6 Å². The number of methoxy groups -OCH3 is 2. The number of rotatable bonds is 4. The summed E-state index contributed by atoms with van der Waals surface area (Å²) < 4.78 is 10.6.